The average molecular weight is 468 g/mol. The maximum Gasteiger partial charge on any atom is 0.255 e. The maximum absolute atomic E-state index is 12.8. The lowest BCUT2D eigenvalue weighted by Crippen LogP contribution is -2.31. The molecule has 1 amide bonds. The number of ether oxygens (including phenoxy) is 1. The van der Waals surface area contributed by atoms with Crippen LogP contribution in [0.2, 0.25) is 0 Å². The number of hydrogen-bond donors (Lipinski definition) is 1. The van der Waals surface area contributed by atoms with Gasteiger partial charge < -0.3 is 19.9 Å². The molecular weight excluding hydrogens is 438 g/mol. The van der Waals surface area contributed by atoms with Gasteiger partial charge in [-0.2, -0.15) is 0 Å². The lowest BCUT2D eigenvalue weighted by molar-refractivity contribution is 0.102. The van der Waals surface area contributed by atoms with Crippen molar-refractivity contribution in [2.75, 3.05) is 44.5 Å². The normalized spacial score (nSPS) is 15.5. The first-order valence-electron chi connectivity index (χ1n) is 11.7. The van der Waals surface area contributed by atoms with E-state index in [1.54, 1.807) is 7.11 Å². The highest BCUT2D eigenvalue weighted by atomic mass is 16.5. The van der Waals surface area contributed by atoms with E-state index < -0.39 is 0 Å². The Labute approximate surface area is 205 Å². The zero-order chi connectivity index (χ0) is 24.4. The molecule has 2 heterocycles. The molecule has 1 atom stereocenters. The van der Waals surface area contributed by atoms with E-state index in [9.17, 15) is 4.79 Å². The van der Waals surface area contributed by atoms with Gasteiger partial charge in [0.25, 0.3) is 5.91 Å². The predicted octanol–water partition coefficient (Wildman–Crippen LogP) is 4.70. The molecule has 1 aromatic heterocycles. The number of fused-ring (bicyclic) bond motifs is 1. The van der Waals surface area contributed by atoms with E-state index in [-0.39, 0.29) is 5.91 Å². The molecule has 1 aliphatic heterocycles. The number of carbonyl (C=O) groups excluding carboxylic acids is 1. The minimum absolute atomic E-state index is 0.165. The van der Waals surface area contributed by atoms with E-state index in [1.165, 1.54) is 0 Å². The molecule has 7 nitrogen and oxygen atoms in total. The molecule has 0 unspecified atom stereocenters. The summed E-state index contributed by atoms with van der Waals surface area (Å²) >= 11 is 0. The fraction of sp³-hybridized carbons (Fsp3) is 0.250. The Hall–Kier alpha value is -3.97. The van der Waals surface area contributed by atoms with Crippen LogP contribution in [0.25, 0.3) is 22.2 Å². The van der Waals surface area contributed by atoms with Crippen LogP contribution in [0, 0.1) is 0 Å². The summed E-state index contributed by atoms with van der Waals surface area (Å²) in [5, 5.41) is 2.97. The van der Waals surface area contributed by atoms with Gasteiger partial charge in [0.05, 0.1) is 24.3 Å². The van der Waals surface area contributed by atoms with Crippen LogP contribution in [0.15, 0.2) is 72.9 Å². The number of nitrogens with zero attached hydrogens (tertiary/aromatic N) is 4. The number of carbonyl (C=O) groups is 1. The number of anilines is 2. The van der Waals surface area contributed by atoms with Gasteiger partial charge in [0.2, 0.25) is 0 Å². The monoisotopic (exact) mass is 467 g/mol. The van der Waals surface area contributed by atoms with Gasteiger partial charge in [-0.05, 0) is 74.1 Å². The van der Waals surface area contributed by atoms with E-state index >= 15 is 0 Å². The van der Waals surface area contributed by atoms with Crippen LogP contribution in [0.5, 0.6) is 5.75 Å². The molecule has 3 aromatic carbocycles. The third kappa shape index (κ3) is 4.95. The molecule has 7 heteroatoms. The minimum atomic E-state index is -0.165. The highest BCUT2D eigenvalue weighted by Crippen LogP contribution is 2.25. The third-order valence-electron chi connectivity index (χ3n) is 6.58. The van der Waals surface area contributed by atoms with E-state index in [1.807, 2.05) is 72.9 Å². The lowest BCUT2D eigenvalue weighted by Gasteiger charge is -2.21. The predicted molar refractivity (Wildman–Crippen MR) is 140 cm³/mol. The van der Waals surface area contributed by atoms with Crippen molar-refractivity contribution in [1.29, 1.82) is 0 Å². The molecule has 1 N–H and O–H groups in total. The van der Waals surface area contributed by atoms with E-state index in [4.69, 9.17) is 9.72 Å². The number of methoxy groups -OCH3 is 1. The van der Waals surface area contributed by atoms with Crippen LogP contribution in [0.3, 0.4) is 0 Å². The van der Waals surface area contributed by atoms with Gasteiger partial charge in [0.1, 0.15) is 11.6 Å². The van der Waals surface area contributed by atoms with Crippen molar-refractivity contribution in [2.45, 2.75) is 12.5 Å². The van der Waals surface area contributed by atoms with Gasteiger partial charge in [-0.1, -0.05) is 24.3 Å². The Kier molecular flexibility index (Phi) is 6.33. The SMILES string of the molecule is COc1ccc(-c2ccc(C(=O)Nc3ccc4nc(N5CC[C@H](N(C)C)C5)cnc4c3)cc2)cc1. The van der Waals surface area contributed by atoms with Gasteiger partial charge in [-0.15, -0.1) is 0 Å². The molecule has 178 valence electrons. The van der Waals surface area contributed by atoms with E-state index in [0.717, 1.165) is 53.2 Å². The quantitative estimate of drug-likeness (QED) is 0.443. The molecule has 0 aliphatic carbocycles. The summed E-state index contributed by atoms with van der Waals surface area (Å²) < 4.78 is 5.21. The summed E-state index contributed by atoms with van der Waals surface area (Å²) in [7, 11) is 5.88. The topological polar surface area (TPSA) is 70.6 Å². The van der Waals surface area contributed by atoms with Gasteiger partial charge >= 0.3 is 0 Å². The molecule has 4 aromatic rings. The van der Waals surface area contributed by atoms with Crippen LogP contribution >= 0.6 is 0 Å². The van der Waals surface area contributed by atoms with Crippen molar-refractivity contribution in [3.05, 3.63) is 78.5 Å². The fourth-order valence-electron chi connectivity index (χ4n) is 4.40. The Morgan fingerprint density at radius 2 is 1.71 bits per heavy atom. The number of rotatable bonds is 6. The minimum Gasteiger partial charge on any atom is -0.497 e. The highest BCUT2D eigenvalue weighted by Gasteiger charge is 2.25. The van der Waals surface area contributed by atoms with Crippen LogP contribution in [-0.4, -0.2) is 61.1 Å². The smallest absolute Gasteiger partial charge is 0.255 e. The van der Waals surface area contributed by atoms with Gasteiger partial charge in [-0.25, -0.2) is 4.98 Å². The van der Waals surface area contributed by atoms with Crippen LogP contribution < -0.4 is 15.0 Å². The molecule has 0 saturated carbocycles. The second-order valence-electron chi connectivity index (χ2n) is 9.04. The molecule has 0 bridgehead atoms. The molecule has 35 heavy (non-hydrogen) atoms. The summed E-state index contributed by atoms with van der Waals surface area (Å²) in [6.45, 7) is 1.94. The van der Waals surface area contributed by atoms with Crippen LogP contribution in [-0.2, 0) is 0 Å². The number of hydrogen-bond acceptors (Lipinski definition) is 6. The summed E-state index contributed by atoms with van der Waals surface area (Å²) in [6, 6.07) is 21.6. The van der Waals surface area contributed by atoms with E-state index in [0.29, 0.717) is 17.3 Å². The number of likely N-dealkylation sites (N-methyl/N-ethyl adjacent to an activating group) is 1. The van der Waals surface area contributed by atoms with E-state index in [2.05, 4.69) is 34.2 Å². The first kappa shape index (κ1) is 22.8. The first-order valence-corrected chi connectivity index (χ1v) is 11.7. The van der Waals surface area contributed by atoms with Crippen LogP contribution in [0.1, 0.15) is 16.8 Å². The molecule has 0 radical (unpaired) electrons. The van der Waals surface area contributed by atoms with Crippen molar-refractivity contribution in [2.24, 2.45) is 0 Å². The first-order chi connectivity index (χ1) is 17.0. The Morgan fingerprint density at radius 1 is 1.00 bits per heavy atom. The third-order valence-corrected chi connectivity index (χ3v) is 6.58. The summed E-state index contributed by atoms with van der Waals surface area (Å²) in [5.74, 6) is 1.55. The Balaban J connectivity index is 1.27. The number of benzene rings is 3. The average Bonchev–Trinajstić information content (AvgIpc) is 3.39. The Morgan fingerprint density at radius 3 is 2.37 bits per heavy atom. The van der Waals surface area contributed by atoms with Gasteiger partial charge in [-0.3, -0.25) is 9.78 Å². The Bertz CT molecular complexity index is 1340. The van der Waals surface area contributed by atoms with Gasteiger partial charge in [0.15, 0.2) is 0 Å². The molecule has 5 rings (SSSR count). The number of aromatic nitrogens is 2. The maximum atomic E-state index is 12.8. The van der Waals surface area contributed by atoms with Crippen molar-refractivity contribution in [1.82, 2.24) is 14.9 Å². The van der Waals surface area contributed by atoms with Crippen molar-refractivity contribution >= 4 is 28.4 Å². The zero-order valence-corrected chi connectivity index (χ0v) is 20.2. The molecule has 1 saturated heterocycles. The largest absolute Gasteiger partial charge is 0.497 e. The summed E-state index contributed by atoms with van der Waals surface area (Å²) in [5.41, 5.74) is 4.96. The van der Waals surface area contributed by atoms with Gasteiger partial charge in [0, 0.05) is 30.4 Å². The van der Waals surface area contributed by atoms with Crippen LogP contribution in [0.4, 0.5) is 11.5 Å². The number of amides is 1. The molecule has 1 fully saturated rings. The standard InChI is InChI=1S/C28H29N5O2/c1-32(2)23-14-15-33(18-23)27-17-29-26-16-22(10-13-25(26)31-27)30-28(34)21-6-4-19(5-7-21)20-8-11-24(35-3)12-9-20/h4-13,16-17,23H,14-15,18H2,1-3H3,(H,30,34)/t23-/m0/s1. The lowest BCUT2D eigenvalue weighted by atomic mass is 10.0. The summed E-state index contributed by atoms with van der Waals surface area (Å²) in [4.78, 5) is 26.8. The fourth-order valence-corrected chi connectivity index (χ4v) is 4.40. The second-order valence-corrected chi connectivity index (χ2v) is 9.04. The van der Waals surface area contributed by atoms with Crippen molar-refractivity contribution in [3.8, 4) is 16.9 Å². The molecule has 0 spiro atoms. The molecule has 1 aliphatic rings. The number of nitrogens with one attached hydrogen (secondary N) is 1. The van der Waals surface area contributed by atoms with Crippen molar-refractivity contribution < 1.29 is 9.53 Å². The summed E-state index contributed by atoms with van der Waals surface area (Å²) in [6.07, 6.45) is 2.95. The molecular formula is C28H29N5O2. The zero-order valence-electron chi connectivity index (χ0n) is 20.2. The highest BCUT2D eigenvalue weighted by molar-refractivity contribution is 6.05. The second kappa shape index (κ2) is 9.72. The van der Waals surface area contributed by atoms with Crippen molar-refractivity contribution in [3.63, 3.8) is 0 Å².